The molecule has 0 saturated heterocycles. The molecule has 91 heavy (non-hydrogen) atoms. The van der Waals surface area contributed by atoms with Crippen LogP contribution < -0.4 is 0 Å². The molecule has 0 amide bonds. The minimum atomic E-state index is 1.08. The third-order valence-corrected chi connectivity index (χ3v) is 17.8. The average Bonchev–Trinajstić information content (AvgIpc) is 1.40. The molecule has 0 fully saturated rings. The molecule has 0 unspecified atom stereocenters. The number of hydrogen-bond donors (Lipinski definition) is 0. The SMILES string of the molecule is Cc1cc(C)c2ncccc2c1C.Cc1ccc2c(C)c(C)ccc2n1.Cc1ccc2cc(C)c(C)cc2n1.Cc1ccc2nccc(C)c2c1C.Cc1cnc2c(C)cccc2c1C.Cc1cnc2cc(C)c(C)cc2c1.Cc1cnc2ccc(C)c(C)c2c1. The van der Waals surface area contributed by atoms with E-state index in [0.717, 1.165) is 50.0 Å². The van der Waals surface area contributed by atoms with Crippen LogP contribution in [-0.4, -0.2) is 34.9 Å². The molecule has 14 aromatic rings. The van der Waals surface area contributed by atoms with E-state index in [1.807, 2.05) is 50.9 Å². The Balaban J connectivity index is 0.000000137. The van der Waals surface area contributed by atoms with Crippen molar-refractivity contribution >= 4 is 76.3 Å². The highest BCUT2D eigenvalue weighted by molar-refractivity contribution is 5.89. The molecule has 7 aromatic heterocycles. The van der Waals surface area contributed by atoms with Crippen LogP contribution in [0.4, 0.5) is 0 Å². The van der Waals surface area contributed by atoms with Gasteiger partial charge in [-0.15, -0.1) is 0 Å². The molecule has 0 atom stereocenters. The van der Waals surface area contributed by atoms with E-state index in [-0.39, 0.29) is 0 Å². The number of para-hydroxylation sites is 1. The van der Waals surface area contributed by atoms with Crippen molar-refractivity contribution in [3.8, 4) is 0 Å². The quantitative estimate of drug-likeness (QED) is 0.149. The minimum Gasteiger partial charge on any atom is -0.256 e. The lowest BCUT2D eigenvalue weighted by Gasteiger charge is -2.07. The van der Waals surface area contributed by atoms with Gasteiger partial charge in [0.25, 0.3) is 0 Å². The maximum Gasteiger partial charge on any atom is 0.0733 e. The summed E-state index contributed by atoms with van der Waals surface area (Å²) in [5, 5.41) is 8.88. The number of hydrogen-bond acceptors (Lipinski definition) is 7. The first-order valence-corrected chi connectivity index (χ1v) is 31.6. The van der Waals surface area contributed by atoms with Crippen molar-refractivity contribution in [2.24, 2.45) is 0 Å². The molecule has 462 valence electrons. The Labute approximate surface area is 541 Å². The fraction of sp³-hybridized carbons (Fsp3) is 0.250. The van der Waals surface area contributed by atoms with E-state index in [2.05, 4.69) is 300 Å². The molecule has 0 radical (unpaired) electrons. The summed E-state index contributed by atoms with van der Waals surface area (Å²) in [6.07, 6.45) is 9.50. The molecule has 0 spiro atoms. The number of pyridine rings is 7. The van der Waals surface area contributed by atoms with Crippen molar-refractivity contribution in [1.29, 1.82) is 0 Å². The van der Waals surface area contributed by atoms with E-state index in [9.17, 15) is 0 Å². The fourth-order valence-corrected chi connectivity index (χ4v) is 11.2. The van der Waals surface area contributed by atoms with Gasteiger partial charge in [-0.1, -0.05) is 60.7 Å². The van der Waals surface area contributed by atoms with Crippen molar-refractivity contribution in [2.75, 3.05) is 0 Å². The summed E-state index contributed by atoms with van der Waals surface area (Å²) in [5.74, 6) is 0. The topological polar surface area (TPSA) is 90.2 Å². The van der Waals surface area contributed by atoms with E-state index >= 15 is 0 Å². The Morgan fingerprint density at radius 2 is 0.747 bits per heavy atom. The van der Waals surface area contributed by atoms with Crippen molar-refractivity contribution in [2.45, 2.75) is 145 Å². The molecule has 0 N–H and O–H groups in total. The molecule has 0 aliphatic heterocycles. The van der Waals surface area contributed by atoms with Crippen LogP contribution in [0.2, 0.25) is 0 Å². The first kappa shape index (κ1) is 67.3. The van der Waals surface area contributed by atoms with Crippen LogP contribution in [0.15, 0.2) is 171 Å². The Kier molecular flexibility index (Phi) is 22.1. The lowest BCUT2D eigenvalue weighted by atomic mass is 10.0. The third-order valence-electron chi connectivity index (χ3n) is 17.8. The number of nitrogens with zero attached hydrogens (tertiary/aromatic N) is 7. The van der Waals surface area contributed by atoms with Crippen LogP contribution in [0, 0.1) is 145 Å². The zero-order chi connectivity index (χ0) is 66.0. The maximum atomic E-state index is 4.48. The van der Waals surface area contributed by atoms with Crippen LogP contribution in [0.1, 0.15) is 117 Å². The molecule has 7 heteroatoms. The number of aryl methyl sites for hydroxylation is 21. The van der Waals surface area contributed by atoms with Gasteiger partial charge in [-0.2, -0.15) is 0 Å². The van der Waals surface area contributed by atoms with Crippen molar-refractivity contribution in [3.63, 3.8) is 0 Å². The Morgan fingerprint density at radius 3 is 1.43 bits per heavy atom. The van der Waals surface area contributed by atoms with Gasteiger partial charge in [0.1, 0.15) is 0 Å². The molecule has 0 bridgehead atoms. The molecule has 7 aromatic carbocycles. The Bertz CT molecular complexity index is 4800. The van der Waals surface area contributed by atoms with Crippen molar-refractivity contribution < 1.29 is 0 Å². The standard InChI is InChI=1S/7C12H13N/c1-8-4-11-5-9(2)10(3)6-12(11)13-7-8;1-8-4-7-12-11(10(8)3)6-5-9(2)13-12;1-8-6-11-5-4-10(3)13-12(11)7-9(8)2;1-8-6-11-10(3)9(2)4-5-12(11)13-7-8;1-8-4-5-11-12(10(8)3)9(2)6-7-13-11;1-8-7-9(2)12-11(10(8)3)5-4-6-13-12;1-8-5-4-6-11-10(3)9(2)7-13-12(8)11/h7*4-7H,1-3H3. The monoisotopic (exact) mass is 1200 g/mol. The summed E-state index contributed by atoms with van der Waals surface area (Å²) in [6.45, 7) is 44.5. The van der Waals surface area contributed by atoms with Crippen LogP contribution >= 0.6 is 0 Å². The summed E-state index contributed by atoms with van der Waals surface area (Å²) in [4.78, 5) is 30.9. The summed E-state index contributed by atoms with van der Waals surface area (Å²) < 4.78 is 0. The summed E-state index contributed by atoms with van der Waals surface area (Å²) in [7, 11) is 0. The maximum absolute atomic E-state index is 4.48. The highest BCUT2D eigenvalue weighted by Gasteiger charge is 2.08. The molecular formula is C84H91N7. The highest BCUT2D eigenvalue weighted by atomic mass is 14.7. The van der Waals surface area contributed by atoms with Gasteiger partial charge in [-0.3, -0.25) is 34.9 Å². The smallest absolute Gasteiger partial charge is 0.0733 e. The van der Waals surface area contributed by atoms with Gasteiger partial charge < -0.3 is 0 Å². The van der Waals surface area contributed by atoms with E-state index < -0.39 is 0 Å². The minimum absolute atomic E-state index is 1.08. The molecule has 14 rings (SSSR count). The first-order chi connectivity index (χ1) is 43.3. The number of rotatable bonds is 0. The zero-order valence-corrected chi connectivity index (χ0v) is 57.8. The van der Waals surface area contributed by atoms with Gasteiger partial charge in [-0.05, 0) is 330 Å². The second-order valence-corrected chi connectivity index (χ2v) is 24.9. The van der Waals surface area contributed by atoms with Gasteiger partial charge in [0.2, 0.25) is 0 Å². The highest BCUT2D eigenvalue weighted by Crippen LogP contribution is 2.27. The van der Waals surface area contributed by atoms with Crippen LogP contribution in [-0.2, 0) is 0 Å². The summed E-state index contributed by atoms with van der Waals surface area (Å²) in [6, 6.07) is 48.8. The second kappa shape index (κ2) is 29.8. The molecule has 0 saturated carbocycles. The predicted molar refractivity (Wildman–Crippen MR) is 392 cm³/mol. The Hall–Kier alpha value is -9.59. The fourth-order valence-electron chi connectivity index (χ4n) is 11.2. The average molecular weight is 1200 g/mol. The number of fused-ring (bicyclic) bond motifs is 7. The molecule has 7 heterocycles. The number of aromatic nitrogens is 7. The van der Waals surface area contributed by atoms with E-state index in [4.69, 9.17) is 0 Å². The van der Waals surface area contributed by atoms with Crippen molar-refractivity contribution in [1.82, 2.24) is 34.9 Å². The van der Waals surface area contributed by atoms with E-state index in [1.165, 1.54) is 143 Å². The Morgan fingerprint density at radius 1 is 0.231 bits per heavy atom. The van der Waals surface area contributed by atoms with E-state index in [0.29, 0.717) is 0 Å². The lowest BCUT2D eigenvalue weighted by Crippen LogP contribution is -1.89. The first-order valence-electron chi connectivity index (χ1n) is 31.6. The van der Waals surface area contributed by atoms with Crippen molar-refractivity contribution in [3.05, 3.63) is 288 Å². The summed E-state index contributed by atoms with van der Waals surface area (Å²) in [5.41, 5.74) is 34.8. The summed E-state index contributed by atoms with van der Waals surface area (Å²) >= 11 is 0. The largest absolute Gasteiger partial charge is 0.256 e. The van der Waals surface area contributed by atoms with Gasteiger partial charge in [0.15, 0.2) is 0 Å². The predicted octanol–water partition coefficient (Wildman–Crippen LogP) is 22.1. The van der Waals surface area contributed by atoms with E-state index in [1.54, 1.807) is 0 Å². The third kappa shape index (κ3) is 16.4. The van der Waals surface area contributed by atoms with Gasteiger partial charge in [0.05, 0.1) is 38.6 Å². The molecular weight excluding hydrogens is 1110 g/mol. The molecule has 7 nitrogen and oxygen atoms in total. The normalized spacial score (nSPS) is 10.7. The van der Waals surface area contributed by atoms with Crippen LogP contribution in [0.25, 0.3) is 76.3 Å². The molecule has 0 aliphatic rings. The van der Waals surface area contributed by atoms with Crippen LogP contribution in [0.5, 0.6) is 0 Å². The van der Waals surface area contributed by atoms with Gasteiger partial charge in [0, 0.05) is 80.1 Å². The van der Waals surface area contributed by atoms with Gasteiger partial charge >= 0.3 is 0 Å². The molecule has 0 aliphatic carbocycles. The second-order valence-electron chi connectivity index (χ2n) is 24.9. The number of benzene rings is 7. The van der Waals surface area contributed by atoms with Crippen LogP contribution in [0.3, 0.4) is 0 Å². The zero-order valence-electron chi connectivity index (χ0n) is 57.8. The van der Waals surface area contributed by atoms with Gasteiger partial charge in [-0.25, -0.2) is 0 Å². The lowest BCUT2D eigenvalue weighted by molar-refractivity contribution is 1.24.